The largest absolute Gasteiger partial charge is 0.497 e. The fraction of sp³-hybridized carbons (Fsp3) is 0.150. The molecule has 2 aromatic heterocycles. The van der Waals surface area contributed by atoms with Gasteiger partial charge in [-0.15, -0.1) is 5.10 Å². The van der Waals surface area contributed by atoms with Crippen LogP contribution in [0.25, 0.3) is 16.9 Å². The lowest BCUT2D eigenvalue weighted by molar-refractivity contribution is -0.137. The van der Waals surface area contributed by atoms with Gasteiger partial charge in [-0.05, 0) is 36.4 Å². The van der Waals surface area contributed by atoms with Crippen molar-refractivity contribution in [3.63, 3.8) is 0 Å². The average molecular weight is 444 g/mol. The number of halogens is 3. The van der Waals surface area contributed by atoms with Crippen LogP contribution in [0.15, 0.2) is 59.7 Å². The smallest absolute Gasteiger partial charge is 0.416 e. The highest BCUT2D eigenvalue weighted by atomic mass is 19.4. The second-order valence-electron chi connectivity index (χ2n) is 6.68. The SMILES string of the molecule is COc1cccc(-n2nnc3c(=O)n(CC(=O)Nc4ccc(C(F)(F)F)cc4)cnc32)c1. The number of carbonyl (C=O) groups is 1. The van der Waals surface area contributed by atoms with E-state index in [1.54, 1.807) is 24.3 Å². The Morgan fingerprint density at radius 2 is 1.91 bits per heavy atom. The van der Waals surface area contributed by atoms with Crippen LogP contribution in [0.1, 0.15) is 5.56 Å². The predicted molar refractivity (Wildman–Crippen MR) is 108 cm³/mol. The van der Waals surface area contributed by atoms with Crippen LogP contribution in [0.2, 0.25) is 0 Å². The molecule has 4 aromatic rings. The van der Waals surface area contributed by atoms with Crippen molar-refractivity contribution >= 4 is 22.8 Å². The molecule has 12 heteroatoms. The van der Waals surface area contributed by atoms with Gasteiger partial charge in [0.15, 0.2) is 11.2 Å². The lowest BCUT2D eigenvalue weighted by atomic mass is 10.2. The van der Waals surface area contributed by atoms with Crippen LogP contribution in [0.3, 0.4) is 0 Å². The molecule has 9 nitrogen and oxygen atoms in total. The fourth-order valence-corrected chi connectivity index (χ4v) is 2.97. The molecule has 4 rings (SSSR count). The number of hydrogen-bond acceptors (Lipinski definition) is 6. The summed E-state index contributed by atoms with van der Waals surface area (Å²) in [6.45, 7) is -0.408. The predicted octanol–water partition coefficient (Wildman–Crippen LogP) is 2.64. The van der Waals surface area contributed by atoms with Crippen molar-refractivity contribution < 1.29 is 22.7 Å². The number of benzene rings is 2. The fourth-order valence-electron chi connectivity index (χ4n) is 2.97. The minimum Gasteiger partial charge on any atom is -0.497 e. The van der Waals surface area contributed by atoms with E-state index in [-0.39, 0.29) is 16.9 Å². The molecule has 0 aliphatic carbocycles. The number of carbonyl (C=O) groups excluding carboxylic acids is 1. The Hall–Kier alpha value is -4.22. The molecule has 0 bridgehead atoms. The van der Waals surface area contributed by atoms with Gasteiger partial charge < -0.3 is 10.1 Å². The Morgan fingerprint density at radius 3 is 2.59 bits per heavy atom. The van der Waals surface area contributed by atoms with E-state index in [1.807, 2.05) is 0 Å². The van der Waals surface area contributed by atoms with E-state index in [9.17, 15) is 22.8 Å². The number of alkyl halides is 3. The van der Waals surface area contributed by atoms with Crippen LogP contribution >= 0.6 is 0 Å². The highest BCUT2D eigenvalue weighted by Gasteiger charge is 2.30. The van der Waals surface area contributed by atoms with Crippen molar-refractivity contribution in [2.24, 2.45) is 0 Å². The standard InChI is InChI=1S/C20H15F3N6O3/c1-32-15-4-2-3-14(9-15)29-18-17(26-27-29)19(31)28(11-24-18)10-16(30)25-13-7-5-12(6-8-13)20(21,22)23/h2-9,11H,10H2,1H3,(H,25,30). The Kier molecular flexibility index (Phi) is 5.34. The van der Waals surface area contributed by atoms with E-state index >= 15 is 0 Å². The van der Waals surface area contributed by atoms with Gasteiger partial charge >= 0.3 is 6.18 Å². The summed E-state index contributed by atoms with van der Waals surface area (Å²) in [5.74, 6) is -0.0346. The molecule has 164 valence electrons. The first-order chi connectivity index (χ1) is 15.3. The highest BCUT2D eigenvalue weighted by molar-refractivity contribution is 5.90. The van der Waals surface area contributed by atoms with Crippen molar-refractivity contribution in [3.05, 3.63) is 70.8 Å². The van der Waals surface area contributed by atoms with Gasteiger partial charge in [0.2, 0.25) is 5.91 Å². The van der Waals surface area contributed by atoms with Gasteiger partial charge in [0, 0.05) is 11.8 Å². The molecule has 0 aliphatic rings. The van der Waals surface area contributed by atoms with E-state index in [1.165, 1.54) is 18.1 Å². The van der Waals surface area contributed by atoms with Gasteiger partial charge in [-0.1, -0.05) is 11.3 Å². The minimum absolute atomic E-state index is 0.0438. The third-order valence-electron chi connectivity index (χ3n) is 4.54. The molecule has 0 saturated heterocycles. The number of amides is 1. The Balaban J connectivity index is 1.54. The summed E-state index contributed by atoms with van der Waals surface area (Å²) in [7, 11) is 1.52. The molecule has 0 atom stereocenters. The maximum absolute atomic E-state index is 12.7. The van der Waals surface area contributed by atoms with Crippen LogP contribution in [-0.2, 0) is 17.5 Å². The molecule has 0 spiro atoms. The minimum atomic E-state index is -4.47. The van der Waals surface area contributed by atoms with Gasteiger partial charge in [0.25, 0.3) is 5.56 Å². The first kappa shape index (κ1) is 21.0. The third-order valence-corrected chi connectivity index (χ3v) is 4.54. The molecular weight excluding hydrogens is 429 g/mol. The number of ether oxygens (including phenoxy) is 1. The van der Waals surface area contributed by atoms with Crippen molar-refractivity contribution in [2.45, 2.75) is 12.7 Å². The number of nitrogens with one attached hydrogen (secondary N) is 1. The van der Waals surface area contributed by atoms with Crippen molar-refractivity contribution in [2.75, 3.05) is 12.4 Å². The van der Waals surface area contributed by atoms with Gasteiger partial charge in [-0.25, -0.2) is 4.98 Å². The zero-order chi connectivity index (χ0) is 22.9. The summed E-state index contributed by atoms with van der Waals surface area (Å²) in [5.41, 5.74) is -0.530. The lowest BCUT2D eigenvalue weighted by Gasteiger charge is -2.09. The molecule has 1 amide bonds. The van der Waals surface area contributed by atoms with E-state index in [0.717, 1.165) is 28.8 Å². The Labute approximate surface area is 178 Å². The topological polar surface area (TPSA) is 104 Å². The molecule has 2 aromatic carbocycles. The number of aromatic nitrogens is 5. The number of rotatable bonds is 5. The molecule has 0 unspecified atom stereocenters. The third kappa shape index (κ3) is 4.15. The summed E-state index contributed by atoms with van der Waals surface area (Å²) >= 11 is 0. The quantitative estimate of drug-likeness (QED) is 0.508. The molecule has 0 fully saturated rings. The van der Waals surface area contributed by atoms with Crippen molar-refractivity contribution in [3.8, 4) is 11.4 Å². The number of methoxy groups -OCH3 is 1. The van der Waals surface area contributed by atoms with Gasteiger partial charge in [0.05, 0.1) is 18.4 Å². The second kappa shape index (κ2) is 8.13. The monoisotopic (exact) mass is 444 g/mol. The van der Waals surface area contributed by atoms with E-state index in [0.29, 0.717) is 11.4 Å². The molecule has 0 saturated carbocycles. The lowest BCUT2D eigenvalue weighted by Crippen LogP contribution is -2.28. The molecule has 2 heterocycles. The molecule has 1 N–H and O–H groups in total. The molecular formula is C20H15F3N6O3. The molecule has 0 aliphatic heterocycles. The maximum Gasteiger partial charge on any atom is 0.416 e. The summed E-state index contributed by atoms with van der Waals surface area (Å²) in [6.07, 6.45) is -3.30. The van der Waals surface area contributed by atoms with Crippen molar-refractivity contribution in [1.29, 1.82) is 0 Å². The van der Waals surface area contributed by atoms with Gasteiger partial charge in [-0.2, -0.15) is 17.9 Å². The van der Waals surface area contributed by atoms with Crippen LogP contribution in [0.5, 0.6) is 5.75 Å². The first-order valence-electron chi connectivity index (χ1n) is 9.18. The van der Waals surface area contributed by atoms with Crippen molar-refractivity contribution in [1.82, 2.24) is 24.5 Å². The van der Waals surface area contributed by atoms with E-state index in [4.69, 9.17) is 4.74 Å². The summed E-state index contributed by atoms with van der Waals surface area (Å²) in [6, 6.07) is 10.9. The van der Waals surface area contributed by atoms with Gasteiger partial charge in [0.1, 0.15) is 18.6 Å². The zero-order valence-corrected chi connectivity index (χ0v) is 16.5. The summed E-state index contributed by atoms with van der Waals surface area (Å²) in [4.78, 5) is 29.2. The molecule has 32 heavy (non-hydrogen) atoms. The summed E-state index contributed by atoms with van der Waals surface area (Å²) < 4.78 is 45.5. The molecule has 0 radical (unpaired) electrons. The van der Waals surface area contributed by atoms with Crippen LogP contribution < -0.4 is 15.6 Å². The number of fused-ring (bicyclic) bond motifs is 1. The zero-order valence-electron chi connectivity index (χ0n) is 16.5. The Morgan fingerprint density at radius 1 is 1.16 bits per heavy atom. The van der Waals surface area contributed by atoms with Crippen LogP contribution in [0, 0.1) is 0 Å². The van der Waals surface area contributed by atoms with Gasteiger partial charge in [-0.3, -0.25) is 14.2 Å². The van der Waals surface area contributed by atoms with E-state index in [2.05, 4.69) is 20.6 Å². The maximum atomic E-state index is 12.7. The summed E-state index contributed by atoms with van der Waals surface area (Å²) in [5, 5.41) is 10.3. The second-order valence-corrected chi connectivity index (χ2v) is 6.68. The van der Waals surface area contributed by atoms with E-state index < -0.39 is 29.8 Å². The average Bonchev–Trinajstić information content (AvgIpc) is 3.20. The first-order valence-corrected chi connectivity index (χ1v) is 9.18. The normalized spacial score (nSPS) is 11.5. The Bertz CT molecular complexity index is 1350. The van der Waals surface area contributed by atoms with Crippen LogP contribution in [-0.4, -0.2) is 37.6 Å². The number of hydrogen-bond donors (Lipinski definition) is 1. The number of nitrogens with zero attached hydrogens (tertiary/aromatic N) is 5. The van der Waals surface area contributed by atoms with Crippen LogP contribution in [0.4, 0.5) is 18.9 Å². The number of anilines is 1. The highest BCUT2D eigenvalue weighted by Crippen LogP contribution is 2.29.